The molecular formula is C51H76ClFN2O2. The van der Waals surface area contributed by atoms with Crippen molar-refractivity contribution in [1.29, 1.82) is 0 Å². The predicted octanol–water partition coefficient (Wildman–Crippen LogP) is 12.7. The lowest BCUT2D eigenvalue weighted by atomic mass is 9.32. The Labute approximate surface area is 351 Å². The van der Waals surface area contributed by atoms with Crippen LogP contribution in [0.5, 0.6) is 0 Å². The highest BCUT2D eigenvalue weighted by Gasteiger charge is 2.71. The SMILES string of the molecule is C=C(C)[C@@H]1CC[C@]2(C(C)CN(CCN(C)C)Cc3ccc(Cl)cc3)CC[C@]3(C)[C@H](CCC4[C@@]5(C)CC=C(C6=CC[C@](CF)(C(=O)O)CC6)C(C)(C)C5CC[C@]43C)C12. The average molecular weight is 804 g/mol. The van der Waals surface area contributed by atoms with Crippen LogP contribution in [0.3, 0.4) is 0 Å². The molecule has 4 unspecified atom stereocenters. The summed E-state index contributed by atoms with van der Waals surface area (Å²) in [6.07, 6.45) is 17.6. The summed E-state index contributed by atoms with van der Waals surface area (Å²) in [4.78, 5) is 17.1. The van der Waals surface area contributed by atoms with Crippen molar-refractivity contribution in [1.82, 2.24) is 9.80 Å². The van der Waals surface area contributed by atoms with Gasteiger partial charge in [-0.25, -0.2) is 4.39 Å². The van der Waals surface area contributed by atoms with Crippen LogP contribution in [0.4, 0.5) is 4.39 Å². The van der Waals surface area contributed by atoms with Crippen LogP contribution in [-0.2, 0) is 11.3 Å². The number of aliphatic carboxylic acids is 1. The molecule has 57 heavy (non-hydrogen) atoms. The molecule has 0 heterocycles. The first-order chi connectivity index (χ1) is 26.8. The molecule has 4 fully saturated rings. The van der Waals surface area contributed by atoms with Crippen molar-refractivity contribution >= 4 is 17.6 Å². The van der Waals surface area contributed by atoms with E-state index in [0.717, 1.165) is 37.6 Å². The summed E-state index contributed by atoms with van der Waals surface area (Å²) in [5.41, 5.74) is 5.34. The quantitative estimate of drug-likeness (QED) is 0.214. The lowest BCUT2D eigenvalue weighted by Gasteiger charge is -2.73. The highest BCUT2D eigenvalue weighted by Crippen LogP contribution is 2.78. The zero-order valence-corrected chi connectivity index (χ0v) is 37.9. The molecule has 0 bridgehead atoms. The summed E-state index contributed by atoms with van der Waals surface area (Å²) < 4.78 is 14.1. The number of fused-ring (bicyclic) bond motifs is 7. The molecular weight excluding hydrogens is 727 g/mol. The van der Waals surface area contributed by atoms with Gasteiger partial charge >= 0.3 is 5.97 Å². The normalized spacial score (nSPS) is 40.3. The molecule has 6 aliphatic rings. The van der Waals surface area contributed by atoms with E-state index in [2.05, 4.69) is 96.6 Å². The number of alkyl halides is 1. The second kappa shape index (κ2) is 15.5. The number of hydrogen-bond acceptors (Lipinski definition) is 3. The number of carboxylic acid groups (broad SMARTS) is 1. The highest BCUT2D eigenvalue weighted by molar-refractivity contribution is 6.30. The number of rotatable bonds is 12. The summed E-state index contributed by atoms with van der Waals surface area (Å²) in [6, 6.07) is 8.50. The molecule has 6 aliphatic carbocycles. The van der Waals surface area contributed by atoms with E-state index >= 15 is 0 Å². The first-order valence-corrected chi connectivity index (χ1v) is 23.1. The van der Waals surface area contributed by atoms with Crippen LogP contribution in [0.15, 0.2) is 59.7 Å². The minimum Gasteiger partial charge on any atom is -0.481 e. The van der Waals surface area contributed by atoms with Gasteiger partial charge in [-0.15, -0.1) is 0 Å². The number of allylic oxidation sites excluding steroid dienone is 5. The number of halogens is 2. The maximum absolute atomic E-state index is 14.1. The predicted molar refractivity (Wildman–Crippen MR) is 235 cm³/mol. The van der Waals surface area contributed by atoms with Crippen LogP contribution in [0.25, 0.3) is 0 Å². The number of hydrogen-bond donors (Lipinski definition) is 1. The van der Waals surface area contributed by atoms with Gasteiger partial charge in [0.05, 0.1) is 5.41 Å². The van der Waals surface area contributed by atoms with E-state index in [1.165, 1.54) is 73.6 Å². The molecule has 4 nitrogen and oxygen atoms in total. The first kappa shape index (κ1) is 43.1. The van der Waals surface area contributed by atoms with E-state index in [-0.39, 0.29) is 21.7 Å². The minimum atomic E-state index is -1.25. The summed E-state index contributed by atoms with van der Waals surface area (Å²) in [7, 11) is 4.39. The summed E-state index contributed by atoms with van der Waals surface area (Å²) in [5.74, 6) is 2.87. The zero-order chi connectivity index (χ0) is 41.3. The molecule has 0 spiro atoms. The number of likely N-dealkylation sites (N-methyl/N-ethyl adjacent to an activating group) is 1. The van der Waals surface area contributed by atoms with Gasteiger partial charge in [-0.05, 0) is 189 Å². The third-order valence-electron chi connectivity index (χ3n) is 19.1. The highest BCUT2D eigenvalue weighted by atomic mass is 35.5. The lowest BCUT2D eigenvalue weighted by Crippen LogP contribution is -2.66. The number of benzene rings is 1. The second-order valence-corrected chi connectivity index (χ2v) is 22.6. The van der Waals surface area contributed by atoms with Gasteiger partial charge in [0.15, 0.2) is 0 Å². The summed E-state index contributed by atoms with van der Waals surface area (Å²) >= 11 is 6.31. The molecule has 0 amide bonds. The Morgan fingerprint density at radius 2 is 1.63 bits per heavy atom. The van der Waals surface area contributed by atoms with Gasteiger partial charge < -0.3 is 10.0 Å². The Morgan fingerprint density at radius 3 is 2.25 bits per heavy atom. The van der Waals surface area contributed by atoms with Crippen LogP contribution in [-0.4, -0.2) is 61.3 Å². The van der Waals surface area contributed by atoms with Crippen LogP contribution < -0.4 is 0 Å². The van der Waals surface area contributed by atoms with Crippen molar-refractivity contribution in [2.45, 2.75) is 132 Å². The van der Waals surface area contributed by atoms with E-state index in [0.29, 0.717) is 60.2 Å². The van der Waals surface area contributed by atoms with Gasteiger partial charge in [0.1, 0.15) is 6.67 Å². The van der Waals surface area contributed by atoms with Gasteiger partial charge in [0.2, 0.25) is 0 Å². The monoisotopic (exact) mass is 803 g/mol. The van der Waals surface area contributed by atoms with E-state index < -0.39 is 18.1 Å². The molecule has 1 N–H and O–H groups in total. The van der Waals surface area contributed by atoms with Crippen molar-refractivity contribution in [3.63, 3.8) is 0 Å². The van der Waals surface area contributed by atoms with Crippen LogP contribution in [0, 0.1) is 68.0 Å². The third-order valence-corrected chi connectivity index (χ3v) is 19.3. The zero-order valence-electron chi connectivity index (χ0n) is 37.2. The molecule has 0 saturated heterocycles. The molecule has 6 heteroatoms. The Bertz CT molecular complexity index is 1750. The standard InChI is InChI=1S/C51H76ClFN2O2/c1-34(2)39-19-26-51(35(3)31-55(30-29-54(9)10)32-36-11-13-38(52)14-12-36)28-27-48(7)41(44(39)51)15-16-43-47(6)22-20-40(46(4,5)42(47)21-23-49(43,48)8)37-17-24-50(33-53,25-18-37)45(56)57/h11-14,17,20,35,39,41-44H,1,15-16,18-19,21-33H2,2-10H3,(H,56,57)/t35?,39-,41+,42?,43?,44?,47-,48+,49+,50-,51+/m0/s1. The van der Waals surface area contributed by atoms with Gasteiger partial charge in [-0.1, -0.05) is 89.6 Å². The van der Waals surface area contributed by atoms with Crippen LogP contribution in [0.2, 0.25) is 5.02 Å². The summed E-state index contributed by atoms with van der Waals surface area (Å²) in [5, 5.41) is 10.7. The van der Waals surface area contributed by atoms with Gasteiger partial charge in [0.25, 0.3) is 0 Å². The van der Waals surface area contributed by atoms with Crippen molar-refractivity contribution in [2.24, 2.45) is 68.0 Å². The first-order valence-electron chi connectivity index (χ1n) is 22.7. The van der Waals surface area contributed by atoms with E-state index in [1.54, 1.807) is 0 Å². The fourth-order valence-electron chi connectivity index (χ4n) is 15.7. The number of carboxylic acids is 1. The molecule has 0 radical (unpaired) electrons. The molecule has 1 aromatic rings. The Balaban J connectivity index is 1.17. The van der Waals surface area contributed by atoms with Crippen LogP contribution in [0.1, 0.15) is 131 Å². The second-order valence-electron chi connectivity index (χ2n) is 22.2. The minimum absolute atomic E-state index is 0.00499. The van der Waals surface area contributed by atoms with Crippen molar-refractivity contribution in [3.8, 4) is 0 Å². The fourth-order valence-corrected chi connectivity index (χ4v) is 15.8. The average Bonchev–Trinajstić information content (AvgIpc) is 3.56. The van der Waals surface area contributed by atoms with Crippen LogP contribution >= 0.6 is 11.6 Å². The molecule has 0 aliphatic heterocycles. The molecule has 11 atom stereocenters. The molecule has 1 aromatic carbocycles. The number of carbonyl (C=O) groups is 1. The van der Waals surface area contributed by atoms with E-state index in [4.69, 9.17) is 18.2 Å². The Morgan fingerprint density at radius 1 is 0.912 bits per heavy atom. The maximum Gasteiger partial charge on any atom is 0.312 e. The lowest BCUT2D eigenvalue weighted by molar-refractivity contribution is -0.231. The van der Waals surface area contributed by atoms with Crippen molar-refractivity contribution < 1.29 is 14.3 Å². The smallest absolute Gasteiger partial charge is 0.312 e. The van der Waals surface area contributed by atoms with Crippen molar-refractivity contribution in [3.05, 3.63) is 70.3 Å². The third kappa shape index (κ3) is 6.96. The maximum atomic E-state index is 14.1. The Hall–Kier alpha value is -1.95. The molecule has 316 valence electrons. The van der Waals surface area contributed by atoms with E-state index in [9.17, 15) is 14.3 Å². The molecule has 4 saturated carbocycles. The fraction of sp³-hybridized carbons (Fsp3) is 0.745. The van der Waals surface area contributed by atoms with Crippen molar-refractivity contribution in [2.75, 3.05) is 40.4 Å². The van der Waals surface area contributed by atoms with Gasteiger partial charge in [-0.3, -0.25) is 9.69 Å². The molecule has 0 aromatic heterocycles. The van der Waals surface area contributed by atoms with Gasteiger partial charge in [-0.2, -0.15) is 0 Å². The van der Waals surface area contributed by atoms with Gasteiger partial charge in [0, 0.05) is 31.2 Å². The largest absolute Gasteiger partial charge is 0.481 e. The Kier molecular flexibility index (Phi) is 11.7. The summed E-state index contributed by atoms with van der Waals surface area (Å²) in [6.45, 7) is 26.2. The molecule has 7 rings (SSSR count). The van der Waals surface area contributed by atoms with E-state index in [1.807, 2.05) is 12.1 Å². The number of nitrogens with zero attached hydrogens (tertiary/aromatic N) is 2. The topological polar surface area (TPSA) is 43.8 Å².